The van der Waals surface area contributed by atoms with Crippen LogP contribution in [-0.4, -0.2) is 19.0 Å². The van der Waals surface area contributed by atoms with Gasteiger partial charge < -0.3 is 9.47 Å². The molecule has 2 aliphatic rings. The minimum Gasteiger partial charge on any atom is -0.497 e. The van der Waals surface area contributed by atoms with Crippen LogP contribution < -0.4 is 9.47 Å². The van der Waals surface area contributed by atoms with E-state index in [0.29, 0.717) is 12.3 Å². The molecule has 1 heterocycles. The van der Waals surface area contributed by atoms with Gasteiger partial charge in [-0.25, -0.2) is 0 Å². The summed E-state index contributed by atoms with van der Waals surface area (Å²) in [5.41, 5.74) is 0.984. The van der Waals surface area contributed by atoms with Gasteiger partial charge in [-0.1, -0.05) is 25.3 Å². The second kappa shape index (κ2) is 5.24. The summed E-state index contributed by atoms with van der Waals surface area (Å²) in [7, 11) is 1.65. The van der Waals surface area contributed by atoms with E-state index >= 15 is 0 Å². The van der Waals surface area contributed by atoms with Crippen molar-refractivity contribution in [3.63, 3.8) is 0 Å². The average Bonchev–Trinajstić information content (AvgIpc) is 2.47. The fraction of sp³-hybridized carbons (Fsp3) is 0.562. The minimum atomic E-state index is -0.236. The minimum absolute atomic E-state index is 0.236. The van der Waals surface area contributed by atoms with Crippen LogP contribution in [0.2, 0.25) is 0 Å². The van der Waals surface area contributed by atoms with E-state index in [2.05, 4.69) is 0 Å². The predicted molar refractivity (Wildman–Crippen MR) is 72.7 cm³/mol. The van der Waals surface area contributed by atoms with Crippen LogP contribution in [-0.2, 0) is 11.2 Å². The van der Waals surface area contributed by atoms with Crippen molar-refractivity contribution >= 4 is 5.78 Å². The van der Waals surface area contributed by atoms with Crippen LogP contribution in [0.3, 0.4) is 0 Å². The van der Waals surface area contributed by atoms with E-state index in [1.807, 2.05) is 18.2 Å². The molecule has 102 valence electrons. The Morgan fingerprint density at radius 1 is 1.21 bits per heavy atom. The van der Waals surface area contributed by atoms with Gasteiger partial charge in [0.05, 0.1) is 7.11 Å². The van der Waals surface area contributed by atoms with E-state index in [9.17, 15) is 4.79 Å². The molecule has 1 aromatic rings. The van der Waals surface area contributed by atoms with Gasteiger partial charge in [0.2, 0.25) is 0 Å². The fourth-order valence-electron chi connectivity index (χ4n) is 3.20. The molecule has 0 radical (unpaired) electrons. The maximum Gasteiger partial charge on any atom is 0.178 e. The highest BCUT2D eigenvalue weighted by atomic mass is 16.5. The van der Waals surface area contributed by atoms with Crippen molar-refractivity contribution in [3.8, 4) is 11.5 Å². The van der Waals surface area contributed by atoms with E-state index in [1.54, 1.807) is 7.11 Å². The zero-order chi connectivity index (χ0) is 13.2. The first-order valence-corrected chi connectivity index (χ1v) is 7.14. The molecule has 1 unspecified atom stereocenters. The summed E-state index contributed by atoms with van der Waals surface area (Å²) in [5, 5.41) is 0. The van der Waals surface area contributed by atoms with E-state index < -0.39 is 0 Å². The molecule has 3 rings (SSSR count). The summed E-state index contributed by atoms with van der Waals surface area (Å²) >= 11 is 0. The number of methoxy groups -OCH3 is 1. The van der Waals surface area contributed by atoms with Crippen molar-refractivity contribution in [2.24, 2.45) is 5.92 Å². The summed E-state index contributed by atoms with van der Waals surface area (Å²) in [6.07, 6.45) is 6.25. The van der Waals surface area contributed by atoms with Crippen LogP contribution in [0.5, 0.6) is 11.5 Å². The molecule has 1 saturated carbocycles. The molecule has 1 aliphatic carbocycles. The number of benzene rings is 1. The second-order valence-corrected chi connectivity index (χ2v) is 5.55. The van der Waals surface area contributed by atoms with Crippen molar-refractivity contribution in [3.05, 3.63) is 23.8 Å². The molecule has 0 bridgehead atoms. The first kappa shape index (κ1) is 12.5. The summed E-state index contributed by atoms with van der Waals surface area (Å²) in [4.78, 5) is 12.3. The molecular formula is C16H20O3. The monoisotopic (exact) mass is 260 g/mol. The number of rotatable bonds is 2. The number of hydrogen-bond acceptors (Lipinski definition) is 3. The third kappa shape index (κ3) is 2.46. The Kier molecular flexibility index (Phi) is 3.45. The van der Waals surface area contributed by atoms with Gasteiger partial charge in [-0.2, -0.15) is 0 Å². The number of hydrogen-bond donors (Lipinski definition) is 0. The number of fused-ring (bicyclic) bond motifs is 1. The Labute approximate surface area is 113 Å². The van der Waals surface area contributed by atoms with E-state index in [-0.39, 0.29) is 11.9 Å². The van der Waals surface area contributed by atoms with E-state index in [1.165, 1.54) is 19.3 Å². The van der Waals surface area contributed by atoms with Crippen molar-refractivity contribution in [2.75, 3.05) is 7.11 Å². The Morgan fingerprint density at radius 2 is 2.00 bits per heavy atom. The molecule has 3 heteroatoms. The van der Waals surface area contributed by atoms with Crippen LogP contribution in [0.1, 0.15) is 37.7 Å². The second-order valence-electron chi connectivity index (χ2n) is 5.55. The maximum atomic E-state index is 12.3. The Bertz CT molecular complexity index is 475. The molecule has 0 saturated heterocycles. The summed E-state index contributed by atoms with van der Waals surface area (Å²) in [5.74, 6) is 2.26. The molecule has 0 amide bonds. The van der Waals surface area contributed by atoms with Gasteiger partial charge in [0.15, 0.2) is 11.9 Å². The van der Waals surface area contributed by atoms with Crippen LogP contribution in [0.15, 0.2) is 18.2 Å². The van der Waals surface area contributed by atoms with Gasteiger partial charge in [0, 0.05) is 24.0 Å². The van der Waals surface area contributed by atoms with Crippen molar-refractivity contribution in [1.82, 2.24) is 0 Å². The molecule has 19 heavy (non-hydrogen) atoms. The highest BCUT2D eigenvalue weighted by Crippen LogP contribution is 2.36. The molecule has 1 aromatic carbocycles. The third-order valence-electron chi connectivity index (χ3n) is 4.29. The van der Waals surface area contributed by atoms with Gasteiger partial charge in [-0.05, 0) is 18.9 Å². The molecule has 1 fully saturated rings. The van der Waals surface area contributed by atoms with Crippen LogP contribution in [0, 0.1) is 5.92 Å². The third-order valence-corrected chi connectivity index (χ3v) is 4.29. The standard InChI is InChI=1S/C16H20O3/c1-18-13-8-7-12-9-14(17)16(19-15(12)10-13)11-5-3-2-4-6-11/h7-8,10-11,16H,2-6,9H2,1H3. The quantitative estimate of drug-likeness (QED) is 0.819. The SMILES string of the molecule is COc1ccc2c(c1)OC(C1CCCCC1)C(=O)C2. The maximum absolute atomic E-state index is 12.3. The van der Waals surface area contributed by atoms with Gasteiger partial charge in [0.25, 0.3) is 0 Å². The highest BCUT2D eigenvalue weighted by molar-refractivity contribution is 5.88. The lowest BCUT2D eigenvalue weighted by molar-refractivity contribution is -0.129. The lowest BCUT2D eigenvalue weighted by Gasteiger charge is -2.33. The molecule has 1 aliphatic heterocycles. The van der Waals surface area contributed by atoms with Gasteiger partial charge in [-0.15, -0.1) is 0 Å². The predicted octanol–water partition coefficient (Wildman–Crippen LogP) is 3.15. The first-order chi connectivity index (χ1) is 9.28. The smallest absolute Gasteiger partial charge is 0.178 e. The van der Waals surface area contributed by atoms with Crippen LogP contribution in [0.25, 0.3) is 0 Å². The molecule has 0 N–H and O–H groups in total. The number of Topliss-reactive ketones (excluding diaryl/α,β-unsaturated/α-hetero) is 1. The summed E-state index contributed by atoms with van der Waals surface area (Å²) in [6.45, 7) is 0. The van der Waals surface area contributed by atoms with Crippen LogP contribution >= 0.6 is 0 Å². The number of ketones is 1. The normalized spacial score (nSPS) is 23.6. The van der Waals surface area contributed by atoms with Gasteiger partial charge in [0.1, 0.15) is 11.5 Å². The van der Waals surface area contributed by atoms with E-state index in [4.69, 9.17) is 9.47 Å². The number of ether oxygens (including phenoxy) is 2. The molecule has 1 atom stereocenters. The molecule has 3 nitrogen and oxygen atoms in total. The lowest BCUT2D eigenvalue weighted by atomic mass is 9.81. The van der Waals surface area contributed by atoms with Crippen LogP contribution in [0.4, 0.5) is 0 Å². The zero-order valence-corrected chi connectivity index (χ0v) is 11.4. The van der Waals surface area contributed by atoms with Crippen molar-refractivity contribution in [2.45, 2.75) is 44.6 Å². The first-order valence-electron chi connectivity index (χ1n) is 7.14. The van der Waals surface area contributed by atoms with Crippen molar-refractivity contribution < 1.29 is 14.3 Å². The Hall–Kier alpha value is -1.51. The number of carbonyl (C=O) groups is 1. The topological polar surface area (TPSA) is 35.5 Å². The molecular weight excluding hydrogens is 240 g/mol. The van der Waals surface area contributed by atoms with E-state index in [0.717, 1.165) is 29.9 Å². The highest BCUT2D eigenvalue weighted by Gasteiger charge is 2.35. The molecule has 0 aromatic heterocycles. The van der Waals surface area contributed by atoms with Gasteiger partial charge >= 0.3 is 0 Å². The summed E-state index contributed by atoms with van der Waals surface area (Å²) < 4.78 is 11.2. The largest absolute Gasteiger partial charge is 0.497 e. The number of carbonyl (C=O) groups excluding carboxylic acids is 1. The average molecular weight is 260 g/mol. The van der Waals surface area contributed by atoms with Gasteiger partial charge in [-0.3, -0.25) is 4.79 Å². The Morgan fingerprint density at radius 3 is 2.74 bits per heavy atom. The molecule has 0 spiro atoms. The Balaban J connectivity index is 1.83. The fourth-order valence-corrected chi connectivity index (χ4v) is 3.20. The van der Waals surface area contributed by atoms with Crippen molar-refractivity contribution in [1.29, 1.82) is 0 Å². The summed E-state index contributed by atoms with van der Waals surface area (Å²) in [6, 6.07) is 5.72. The lowest BCUT2D eigenvalue weighted by Crippen LogP contribution is -2.40. The zero-order valence-electron chi connectivity index (χ0n) is 11.4.